The fraction of sp³-hybridized carbons (Fsp3) is 0.571. The highest BCUT2D eigenvalue weighted by Crippen LogP contribution is 2.29. The second-order valence-electron chi connectivity index (χ2n) is 4.66. The summed E-state index contributed by atoms with van der Waals surface area (Å²) in [6.07, 6.45) is 5.57. The molecule has 0 aromatic heterocycles. The average Bonchev–Trinajstić information content (AvgIpc) is 2.37. The zero-order valence-corrected chi connectivity index (χ0v) is 10.9. The van der Waals surface area contributed by atoms with Crippen molar-refractivity contribution in [3.63, 3.8) is 0 Å². The molecular weight excluding hydrogens is 234 g/mol. The molecule has 2 nitrogen and oxygen atoms in total. The number of hydrogen-bond acceptors (Lipinski definition) is 2. The van der Waals surface area contributed by atoms with Crippen LogP contribution in [-0.2, 0) is 6.42 Å². The molecule has 1 saturated heterocycles. The van der Waals surface area contributed by atoms with E-state index in [1.807, 2.05) is 6.07 Å². The molecule has 1 aliphatic heterocycles. The van der Waals surface area contributed by atoms with Crippen molar-refractivity contribution in [3.05, 3.63) is 28.8 Å². The Hall–Kier alpha value is -0.730. The molecule has 0 atom stereocenters. The predicted octanol–water partition coefficient (Wildman–Crippen LogP) is 3.26. The Morgan fingerprint density at radius 1 is 1.18 bits per heavy atom. The highest BCUT2D eigenvalue weighted by Gasteiger charge is 2.13. The Morgan fingerprint density at radius 2 is 1.94 bits per heavy atom. The largest absolute Gasteiger partial charge is 0.396 e. The first kappa shape index (κ1) is 12.7. The SMILES string of the molecule is OCCCc1ccc(N2CCCCC2)c(Cl)c1. The number of halogens is 1. The highest BCUT2D eigenvalue weighted by molar-refractivity contribution is 6.33. The smallest absolute Gasteiger partial charge is 0.0642 e. The first-order chi connectivity index (χ1) is 8.31. The molecule has 1 aliphatic rings. The third-order valence-corrected chi connectivity index (χ3v) is 3.64. The van der Waals surface area contributed by atoms with Crippen molar-refractivity contribution in [2.75, 3.05) is 24.6 Å². The zero-order valence-electron chi connectivity index (χ0n) is 10.2. The van der Waals surface area contributed by atoms with Gasteiger partial charge >= 0.3 is 0 Å². The van der Waals surface area contributed by atoms with Crippen LogP contribution < -0.4 is 4.90 Å². The standard InChI is InChI=1S/C14H20ClNO/c15-13-11-12(5-4-10-17)6-7-14(13)16-8-2-1-3-9-16/h6-7,11,17H,1-5,8-10H2. The van der Waals surface area contributed by atoms with E-state index in [-0.39, 0.29) is 6.61 Å². The van der Waals surface area contributed by atoms with Crippen LogP contribution in [0.5, 0.6) is 0 Å². The maximum atomic E-state index is 8.81. The van der Waals surface area contributed by atoms with Crippen molar-refractivity contribution in [2.45, 2.75) is 32.1 Å². The second kappa shape index (κ2) is 6.27. The van der Waals surface area contributed by atoms with Crippen LogP contribution in [0.4, 0.5) is 5.69 Å². The van der Waals surface area contributed by atoms with Crippen LogP contribution in [0.3, 0.4) is 0 Å². The van der Waals surface area contributed by atoms with Crippen molar-refractivity contribution >= 4 is 17.3 Å². The lowest BCUT2D eigenvalue weighted by atomic mass is 10.1. The summed E-state index contributed by atoms with van der Waals surface area (Å²) in [5, 5.41) is 9.66. The van der Waals surface area contributed by atoms with Gasteiger partial charge in [0.25, 0.3) is 0 Å². The molecule has 0 spiro atoms. The van der Waals surface area contributed by atoms with Gasteiger partial charge in [-0.05, 0) is 49.8 Å². The average molecular weight is 254 g/mol. The molecule has 3 heteroatoms. The Bertz CT molecular complexity index is 361. The number of aliphatic hydroxyl groups excluding tert-OH is 1. The number of rotatable bonds is 4. The molecule has 1 fully saturated rings. The Kier molecular flexibility index (Phi) is 4.69. The minimum absolute atomic E-state index is 0.242. The van der Waals surface area contributed by atoms with Crippen LogP contribution in [0.2, 0.25) is 5.02 Å². The molecule has 0 saturated carbocycles. The van der Waals surface area contributed by atoms with Crippen LogP contribution in [-0.4, -0.2) is 24.8 Å². The van der Waals surface area contributed by atoms with Crippen LogP contribution in [0.15, 0.2) is 18.2 Å². The van der Waals surface area contributed by atoms with E-state index < -0.39 is 0 Å². The Morgan fingerprint density at radius 3 is 2.59 bits per heavy atom. The molecule has 1 aromatic carbocycles. The van der Waals surface area contributed by atoms with E-state index in [1.165, 1.54) is 30.5 Å². The number of benzene rings is 1. The minimum atomic E-state index is 0.242. The predicted molar refractivity (Wildman–Crippen MR) is 72.9 cm³/mol. The number of aliphatic hydroxyl groups is 1. The summed E-state index contributed by atoms with van der Waals surface area (Å²) in [6, 6.07) is 6.30. The lowest BCUT2D eigenvalue weighted by Gasteiger charge is -2.29. The molecule has 0 bridgehead atoms. The third-order valence-electron chi connectivity index (χ3n) is 3.33. The summed E-state index contributed by atoms with van der Waals surface area (Å²) in [5.41, 5.74) is 2.38. The van der Waals surface area contributed by atoms with Crippen LogP contribution >= 0.6 is 11.6 Å². The maximum Gasteiger partial charge on any atom is 0.0642 e. The van der Waals surface area contributed by atoms with E-state index in [2.05, 4.69) is 17.0 Å². The first-order valence-corrected chi connectivity index (χ1v) is 6.83. The molecule has 2 rings (SSSR count). The molecule has 94 valence electrons. The molecular formula is C14H20ClNO. The highest BCUT2D eigenvalue weighted by atomic mass is 35.5. The van der Waals surface area contributed by atoms with Crippen molar-refractivity contribution in [1.29, 1.82) is 0 Å². The van der Waals surface area contributed by atoms with Crippen LogP contribution in [0.25, 0.3) is 0 Å². The summed E-state index contributed by atoms with van der Waals surface area (Å²) < 4.78 is 0. The van der Waals surface area contributed by atoms with E-state index in [4.69, 9.17) is 16.7 Å². The lowest BCUT2D eigenvalue weighted by Crippen LogP contribution is -2.29. The quantitative estimate of drug-likeness (QED) is 0.891. The molecule has 17 heavy (non-hydrogen) atoms. The summed E-state index contributed by atoms with van der Waals surface area (Å²) in [6.45, 7) is 2.48. The lowest BCUT2D eigenvalue weighted by molar-refractivity contribution is 0.288. The molecule has 1 aromatic rings. The van der Waals surface area contributed by atoms with E-state index in [1.54, 1.807) is 0 Å². The number of aryl methyl sites for hydroxylation is 1. The van der Waals surface area contributed by atoms with Gasteiger partial charge in [0.2, 0.25) is 0 Å². The van der Waals surface area contributed by atoms with E-state index in [9.17, 15) is 0 Å². The molecule has 0 unspecified atom stereocenters. The van der Waals surface area contributed by atoms with Crippen molar-refractivity contribution in [3.8, 4) is 0 Å². The Labute approximate surface area is 108 Å². The van der Waals surface area contributed by atoms with Gasteiger partial charge < -0.3 is 10.0 Å². The van der Waals surface area contributed by atoms with Crippen LogP contribution in [0.1, 0.15) is 31.2 Å². The number of nitrogens with zero attached hydrogens (tertiary/aromatic N) is 1. The monoisotopic (exact) mass is 253 g/mol. The van der Waals surface area contributed by atoms with Gasteiger partial charge in [0.15, 0.2) is 0 Å². The van der Waals surface area contributed by atoms with Crippen molar-refractivity contribution < 1.29 is 5.11 Å². The summed E-state index contributed by atoms with van der Waals surface area (Å²) in [7, 11) is 0. The van der Waals surface area contributed by atoms with E-state index >= 15 is 0 Å². The van der Waals surface area contributed by atoms with Gasteiger partial charge in [0.1, 0.15) is 0 Å². The van der Waals surface area contributed by atoms with E-state index in [0.29, 0.717) is 0 Å². The van der Waals surface area contributed by atoms with Crippen molar-refractivity contribution in [2.24, 2.45) is 0 Å². The van der Waals surface area contributed by atoms with Gasteiger partial charge in [-0.15, -0.1) is 0 Å². The second-order valence-corrected chi connectivity index (χ2v) is 5.07. The van der Waals surface area contributed by atoms with Crippen LogP contribution in [0, 0.1) is 0 Å². The van der Waals surface area contributed by atoms with Gasteiger partial charge in [0, 0.05) is 19.7 Å². The number of piperidine rings is 1. The molecule has 0 aliphatic carbocycles. The van der Waals surface area contributed by atoms with Gasteiger partial charge in [-0.25, -0.2) is 0 Å². The van der Waals surface area contributed by atoms with E-state index in [0.717, 1.165) is 31.0 Å². The summed E-state index contributed by atoms with van der Waals surface area (Å²) in [4.78, 5) is 2.38. The van der Waals surface area contributed by atoms with Crippen molar-refractivity contribution in [1.82, 2.24) is 0 Å². The number of hydrogen-bond donors (Lipinski definition) is 1. The summed E-state index contributed by atoms with van der Waals surface area (Å²) >= 11 is 6.34. The molecule has 1 N–H and O–H groups in total. The normalized spacial score (nSPS) is 16.2. The molecule has 0 radical (unpaired) electrons. The minimum Gasteiger partial charge on any atom is -0.396 e. The van der Waals surface area contributed by atoms with Gasteiger partial charge in [0.05, 0.1) is 10.7 Å². The molecule has 0 amide bonds. The van der Waals surface area contributed by atoms with Gasteiger partial charge in [-0.2, -0.15) is 0 Å². The Balaban J connectivity index is 2.07. The third kappa shape index (κ3) is 3.36. The zero-order chi connectivity index (χ0) is 12.1. The molecule has 1 heterocycles. The number of anilines is 1. The fourth-order valence-electron chi connectivity index (χ4n) is 2.38. The maximum absolute atomic E-state index is 8.81. The first-order valence-electron chi connectivity index (χ1n) is 6.45. The van der Waals surface area contributed by atoms with Gasteiger partial charge in [-0.1, -0.05) is 17.7 Å². The topological polar surface area (TPSA) is 23.5 Å². The fourth-order valence-corrected chi connectivity index (χ4v) is 2.70. The summed E-state index contributed by atoms with van der Waals surface area (Å²) in [5.74, 6) is 0. The van der Waals surface area contributed by atoms with Gasteiger partial charge in [-0.3, -0.25) is 0 Å².